The number of furan rings is 1. The van der Waals surface area contributed by atoms with Gasteiger partial charge in [0.05, 0.1) is 23.7 Å². The van der Waals surface area contributed by atoms with Gasteiger partial charge in [-0.2, -0.15) is 4.98 Å². The van der Waals surface area contributed by atoms with Crippen LogP contribution < -0.4 is 10.0 Å². The van der Waals surface area contributed by atoms with Gasteiger partial charge in [-0.3, -0.25) is 0 Å². The van der Waals surface area contributed by atoms with Crippen molar-refractivity contribution >= 4 is 15.7 Å². The summed E-state index contributed by atoms with van der Waals surface area (Å²) >= 11 is 0. The fourth-order valence-electron chi connectivity index (χ4n) is 2.93. The van der Waals surface area contributed by atoms with E-state index in [-0.39, 0.29) is 16.6 Å². The topological polar surface area (TPSA) is 125 Å². The second-order valence-corrected chi connectivity index (χ2v) is 7.72. The van der Waals surface area contributed by atoms with Crippen LogP contribution >= 0.6 is 0 Å². The zero-order chi connectivity index (χ0) is 19.0. The maximum atomic E-state index is 11.8. The van der Waals surface area contributed by atoms with Gasteiger partial charge in [0.25, 0.3) is 5.89 Å². The number of hydrogen-bond donors (Lipinski definition) is 1. The molecule has 0 aliphatic carbocycles. The van der Waals surface area contributed by atoms with Crippen LogP contribution in [-0.2, 0) is 14.8 Å². The van der Waals surface area contributed by atoms with Crippen molar-refractivity contribution in [2.24, 2.45) is 5.14 Å². The van der Waals surface area contributed by atoms with Crippen molar-refractivity contribution < 1.29 is 22.1 Å². The highest BCUT2D eigenvalue weighted by molar-refractivity contribution is 7.89. The highest BCUT2D eigenvalue weighted by Crippen LogP contribution is 2.33. The van der Waals surface area contributed by atoms with Gasteiger partial charge in [0, 0.05) is 18.8 Å². The highest BCUT2D eigenvalue weighted by atomic mass is 32.2. The Hall–Kier alpha value is -2.69. The summed E-state index contributed by atoms with van der Waals surface area (Å²) in [6, 6.07) is 8.16. The summed E-state index contributed by atoms with van der Waals surface area (Å²) in [7, 11) is -3.87. The average molecular weight is 390 g/mol. The van der Waals surface area contributed by atoms with Gasteiger partial charge in [-0.1, -0.05) is 5.16 Å². The van der Waals surface area contributed by atoms with Crippen LogP contribution in [0.3, 0.4) is 0 Å². The Morgan fingerprint density at radius 2 is 1.93 bits per heavy atom. The fourth-order valence-corrected chi connectivity index (χ4v) is 3.47. The molecule has 3 heterocycles. The summed E-state index contributed by atoms with van der Waals surface area (Å²) in [6.07, 6.45) is 0. The van der Waals surface area contributed by atoms with Crippen LogP contribution in [0.25, 0.3) is 23.0 Å². The van der Waals surface area contributed by atoms with Gasteiger partial charge in [-0.15, -0.1) is 0 Å². The van der Waals surface area contributed by atoms with Gasteiger partial charge in [-0.25, -0.2) is 13.6 Å². The third kappa shape index (κ3) is 3.59. The zero-order valence-electron chi connectivity index (χ0n) is 14.6. The molecule has 1 aromatic carbocycles. The van der Waals surface area contributed by atoms with E-state index in [0.29, 0.717) is 37.6 Å². The number of nitrogens with zero attached hydrogens (tertiary/aromatic N) is 3. The quantitative estimate of drug-likeness (QED) is 0.715. The van der Waals surface area contributed by atoms with Gasteiger partial charge in [-0.05, 0) is 37.3 Å². The standard InChI is InChI=1S/C17H18N4O5S/c1-11-2-5-15(25-11)16-19-17(26-20-16)13-10-12(27(18,22)23)3-4-14(13)21-6-8-24-9-7-21/h2-5,10H,6-9H2,1H3,(H2,18,22,23). The molecule has 0 atom stereocenters. The lowest BCUT2D eigenvalue weighted by Crippen LogP contribution is -2.36. The molecule has 0 amide bonds. The number of sulfonamides is 1. The van der Waals surface area contributed by atoms with Crippen molar-refractivity contribution in [3.05, 3.63) is 36.1 Å². The summed E-state index contributed by atoms with van der Waals surface area (Å²) in [5.41, 5.74) is 1.27. The van der Waals surface area contributed by atoms with Gasteiger partial charge in [0.1, 0.15) is 5.76 Å². The van der Waals surface area contributed by atoms with E-state index in [4.69, 9.17) is 18.8 Å². The minimum atomic E-state index is -3.87. The first kappa shape index (κ1) is 17.7. The van der Waals surface area contributed by atoms with E-state index in [9.17, 15) is 8.42 Å². The number of anilines is 1. The largest absolute Gasteiger partial charge is 0.458 e. The Morgan fingerprint density at radius 3 is 2.59 bits per heavy atom. The molecule has 1 aliphatic heterocycles. The Balaban J connectivity index is 1.80. The van der Waals surface area contributed by atoms with Crippen molar-refractivity contribution in [1.82, 2.24) is 10.1 Å². The molecule has 2 aromatic heterocycles. The molecule has 10 heteroatoms. The van der Waals surface area contributed by atoms with Crippen molar-refractivity contribution in [2.75, 3.05) is 31.2 Å². The van der Waals surface area contributed by atoms with E-state index in [0.717, 1.165) is 11.4 Å². The van der Waals surface area contributed by atoms with Crippen LogP contribution in [0.1, 0.15) is 5.76 Å². The number of rotatable bonds is 4. The van der Waals surface area contributed by atoms with Gasteiger partial charge in [0.2, 0.25) is 15.8 Å². The Bertz CT molecular complexity index is 1070. The van der Waals surface area contributed by atoms with E-state index < -0.39 is 10.0 Å². The predicted molar refractivity (Wildman–Crippen MR) is 96.6 cm³/mol. The van der Waals surface area contributed by atoms with Gasteiger partial charge < -0.3 is 18.6 Å². The maximum absolute atomic E-state index is 11.8. The minimum absolute atomic E-state index is 0.0249. The molecule has 9 nitrogen and oxygen atoms in total. The molecule has 0 saturated carbocycles. The number of benzene rings is 1. The summed E-state index contributed by atoms with van der Waals surface area (Å²) in [5.74, 6) is 1.66. The number of ether oxygens (including phenoxy) is 1. The van der Waals surface area contributed by atoms with Crippen molar-refractivity contribution in [2.45, 2.75) is 11.8 Å². The molecule has 0 bridgehead atoms. The maximum Gasteiger partial charge on any atom is 0.260 e. The molecule has 0 radical (unpaired) electrons. The Morgan fingerprint density at radius 1 is 1.15 bits per heavy atom. The number of aryl methyl sites for hydroxylation is 1. The van der Waals surface area contributed by atoms with Crippen LogP contribution in [0.4, 0.5) is 5.69 Å². The number of hydrogen-bond acceptors (Lipinski definition) is 8. The molecule has 1 saturated heterocycles. The molecule has 0 spiro atoms. The molecule has 1 aliphatic rings. The molecule has 142 valence electrons. The lowest BCUT2D eigenvalue weighted by Gasteiger charge is -2.30. The fraction of sp³-hybridized carbons (Fsp3) is 0.294. The Labute approximate surface area is 155 Å². The highest BCUT2D eigenvalue weighted by Gasteiger charge is 2.23. The van der Waals surface area contributed by atoms with E-state index in [2.05, 4.69) is 15.0 Å². The molecular weight excluding hydrogens is 372 g/mol. The summed E-state index contributed by atoms with van der Waals surface area (Å²) in [5, 5.41) is 9.24. The lowest BCUT2D eigenvalue weighted by atomic mass is 10.1. The van der Waals surface area contributed by atoms with Crippen LogP contribution in [0.15, 0.2) is 44.2 Å². The monoisotopic (exact) mass is 390 g/mol. The number of aromatic nitrogens is 2. The van der Waals surface area contributed by atoms with Crippen LogP contribution in [-0.4, -0.2) is 44.9 Å². The van der Waals surface area contributed by atoms with Crippen molar-refractivity contribution in [3.63, 3.8) is 0 Å². The van der Waals surface area contributed by atoms with E-state index >= 15 is 0 Å². The SMILES string of the molecule is Cc1ccc(-c2noc(-c3cc(S(N)(=O)=O)ccc3N3CCOCC3)n2)o1. The number of nitrogens with two attached hydrogens (primary N) is 1. The molecular formula is C17H18N4O5S. The second-order valence-electron chi connectivity index (χ2n) is 6.16. The number of primary sulfonamides is 1. The molecule has 3 aromatic rings. The first-order valence-electron chi connectivity index (χ1n) is 8.32. The molecule has 27 heavy (non-hydrogen) atoms. The van der Waals surface area contributed by atoms with E-state index in [1.165, 1.54) is 12.1 Å². The summed E-state index contributed by atoms with van der Waals surface area (Å²) < 4.78 is 39.9. The third-order valence-corrected chi connectivity index (χ3v) is 5.18. The van der Waals surface area contributed by atoms with E-state index in [1.807, 2.05) is 6.92 Å². The molecule has 4 rings (SSSR count). The summed E-state index contributed by atoms with van der Waals surface area (Å²) in [4.78, 5) is 6.43. The first-order chi connectivity index (χ1) is 12.9. The zero-order valence-corrected chi connectivity index (χ0v) is 15.4. The third-order valence-electron chi connectivity index (χ3n) is 4.27. The average Bonchev–Trinajstić information content (AvgIpc) is 3.30. The minimum Gasteiger partial charge on any atom is -0.458 e. The van der Waals surface area contributed by atoms with Gasteiger partial charge >= 0.3 is 0 Å². The predicted octanol–water partition coefficient (Wildman–Crippen LogP) is 1.79. The molecule has 2 N–H and O–H groups in total. The van der Waals surface area contributed by atoms with Gasteiger partial charge in [0.15, 0.2) is 5.76 Å². The number of morpholine rings is 1. The van der Waals surface area contributed by atoms with Crippen LogP contribution in [0, 0.1) is 6.92 Å². The van der Waals surface area contributed by atoms with Crippen LogP contribution in [0.2, 0.25) is 0 Å². The van der Waals surface area contributed by atoms with E-state index in [1.54, 1.807) is 18.2 Å². The smallest absolute Gasteiger partial charge is 0.260 e. The van der Waals surface area contributed by atoms with Crippen LogP contribution in [0.5, 0.6) is 0 Å². The van der Waals surface area contributed by atoms with Crippen molar-refractivity contribution in [3.8, 4) is 23.0 Å². The first-order valence-corrected chi connectivity index (χ1v) is 9.87. The normalized spacial score (nSPS) is 15.3. The second kappa shape index (κ2) is 6.80. The summed E-state index contributed by atoms with van der Waals surface area (Å²) in [6.45, 7) is 4.31. The van der Waals surface area contributed by atoms with Crippen molar-refractivity contribution in [1.29, 1.82) is 0 Å². The molecule has 0 unspecified atom stereocenters. The Kier molecular flexibility index (Phi) is 4.46. The molecule has 1 fully saturated rings. The lowest BCUT2D eigenvalue weighted by molar-refractivity contribution is 0.122.